The van der Waals surface area contributed by atoms with Crippen LogP contribution in [0.1, 0.15) is 27.0 Å². The van der Waals surface area contributed by atoms with E-state index >= 15 is 0 Å². The Morgan fingerprint density at radius 3 is 2.47 bits per heavy atom. The van der Waals surface area contributed by atoms with Crippen molar-refractivity contribution in [1.29, 1.82) is 0 Å². The third kappa shape index (κ3) is 6.25. The van der Waals surface area contributed by atoms with Crippen molar-refractivity contribution in [2.75, 3.05) is 0 Å². The number of benzene rings is 4. The summed E-state index contributed by atoms with van der Waals surface area (Å²) in [7, 11) is 0. The number of aromatic nitrogens is 2. The van der Waals surface area contributed by atoms with Crippen LogP contribution in [-0.4, -0.2) is 31.9 Å². The number of para-hydroxylation sites is 1. The van der Waals surface area contributed by atoms with Gasteiger partial charge in [0.2, 0.25) is 0 Å². The van der Waals surface area contributed by atoms with Crippen LogP contribution in [0.5, 0.6) is 5.75 Å². The van der Waals surface area contributed by atoms with E-state index in [1.54, 1.807) is 24.3 Å². The molecule has 0 spiro atoms. The molecule has 0 aliphatic carbocycles. The third-order valence-corrected chi connectivity index (χ3v) is 6.31. The van der Waals surface area contributed by atoms with Gasteiger partial charge in [-0.2, -0.15) is 22.9 Å². The summed E-state index contributed by atoms with van der Waals surface area (Å²) in [5.74, 6) is -1.14. The maximum absolute atomic E-state index is 13.5. The highest BCUT2D eigenvalue weighted by molar-refractivity contribution is 5.87. The lowest BCUT2D eigenvalue weighted by molar-refractivity contribution is -0.384. The molecule has 1 aromatic heterocycles. The van der Waals surface area contributed by atoms with Gasteiger partial charge in [0.05, 0.1) is 33.2 Å². The standard InChI is InChI=1S/C30H19F3N4O6/c31-30(32,33)22-5-3-4-20(14-22)27-35-25-7-2-1-6-24(25)28(38)36(27)34-16-21-15-23(37(41)42)12-13-26(21)43-17-18-8-10-19(11-9-18)29(39)40/h1-16H,17H2,(H,39,40). The number of carbonyl (C=O) groups is 1. The van der Waals surface area contributed by atoms with Crippen LogP contribution in [0.15, 0.2) is 101 Å². The van der Waals surface area contributed by atoms with Crippen molar-refractivity contribution in [2.45, 2.75) is 12.8 Å². The van der Waals surface area contributed by atoms with E-state index in [0.717, 1.165) is 29.1 Å². The Bertz CT molecular complexity index is 1950. The molecule has 5 aromatic rings. The molecule has 0 atom stereocenters. The first kappa shape index (κ1) is 28.7. The van der Waals surface area contributed by atoms with Crippen molar-refractivity contribution in [3.8, 4) is 17.1 Å². The molecule has 0 aliphatic heterocycles. The summed E-state index contributed by atoms with van der Waals surface area (Å²) in [6, 6.07) is 20.1. The zero-order chi connectivity index (χ0) is 30.7. The fraction of sp³-hybridized carbons (Fsp3) is 0.0667. The number of ether oxygens (including phenoxy) is 1. The van der Waals surface area contributed by atoms with E-state index in [4.69, 9.17) is 9.84 Å². The van der Waals surface area contributed by atoms with Crippen molar-refractivity contribution in [1.82, 2.24) is 9.66 Å². The number of alkyl halides is 3. The minimum atomic E-state index is -4.65. The van der Waals surface area contributed by atoms with Crippen molar-refractivity contribution in [3.05, 3.63) is 134 Å². The first-order valence-electron chi connectivity index (χ1n) is 12.5. The number of carboxylic acids is 1. The Hall–Kier alpha value is -5.85. The van der Waals surface area contributed by atoms with E-state index in [1.165, 1.54) is 48.5 Å². The second-order valence-electron chi connectivity index (χ2n) is 9.16. The molecule has 13 heteroatoms. The first-order valence-corrected chi connectivity index (χ1v) is 12.5. The second-order valence-corrected chi connectivity index (χ2v) is 9.16. The molecule has 0 aliphatic rings. The van der Waals surface area contributed by atoms with Gasteiger partial charge in [-0.25, -0.2) is 9.78 Å². The molecular formula is C30H19F3N4O6. The Morgan fingerprint density at radius 2 is 1.77 bits per heavy atom. The van der Waals surface area contributed by atoms with Gasteiger partial charge in [0, 0.05) is 23.3 Å². The van der Waals surface area contributed by atoms with Crippen molar-refractivity contribution < 1.29 is 32.7 Å². The molecule has 4 aromatic carbocycles. The normalized spacial score (nSPS) is 11.6. The van der Waals surface area contributed by atoms with Crippen LogP contribution in [0.4, 0.5) is 18.9 Å². The fourth-order valence-electron chi connectivity index (χ4n) is 4.16. The van der Waals surface area contributed by atoms with Crippen LogP contribution >= 0.6 is 0 Å². The lowest BCUT2D eigenvalue weighted by Crippen LogP contribution is -2.20. The minimum absolute atomic E-state index is 0.0323. The van der Waals surface area contributed by atoms with Crippen LogP contribution < -0.4 is 10.3 Å². The minimum Gasteiger partial charge on any atom is -0.488 e. The molecule has 0 amide bonds. The van der Waals surface area contributed by atoms with Crippen LogP contribution in [-0.2, 0) is 12.8 Å². The number of non-ortho nitro benzene ring substituents is 1. The van der Waals surface area contributed by atoms with Crippen LogP contribution in [0.25, 0.3) is 22.3 Å². The molecule has 0 unspecified atom stereocenters. The molecule has 216 valence electrons. The number of nitro benzene ring substituents is 1. The second kappa shape index (κ2) is 11.6. The summed E-state index contributed by atoms with van der Waals surface area (Å²) < 4.78 is 47.1. The van der Waals surface area contributed by atoms with Crippen LogP contribution in [0.3, 0.4) is 0 Å². The number of halogens is 3. The topological polar surface area (TPSA) is 137 Å². The smallest absolute Gasteiger partial charge is 0.416 e. The molecule has 10 nitrogen and oxygen atoms in total. The predicted molar refractivity (Wildman–Crippen MR) is 150 cm³/mol. The van der Waals surface area contributed by atoms with E-state index in [0.29, 0.717) is 5.56 Å². The molecule has 43 heavy (non-hydrogen) atoms. The van der Waals surface area contributed by atoms with E-state index in [-0.39, 0.29) is 51.5 Å². The van der Waals surface area contributed by atoms with Gasteiger partial charge in [-0.15, -0.1) is 0 Å². The van der Waals surface area contributed by atoms with E-state index in [9.17, 15) is 32.9 Å². The number of carboxylic acid groups (broad SMARTS) is 1. The van der Waals surface area contributed by atoms with Crippen molar-refractivity contribution in [3.63, 3.8) is 0 Å². The summed E-state index contributed by atoms with van der Waals surface area (Å²) in [6.07, 6.45) is -3.53. The monoisotopic (exact) mass is 588 g/mol. The number of hydrogen-bond donors (Lipinski definition) is 1. The van der Waals surface area contributed by atoms with E-state index < -0.39 is 28.2 Å². The lowest BCUT2D eigenvalue weighted by atomic mass is 10.1. The largest absolute Gasteiger partial charge is 0.488 e. The molecule has 0 saturated heterocycles. The molecule has 0 fully saturated rings. The Kier molecular flexibility index (Phi) is 7.71. The average molecular weight is 588 g/mol. The highest BCUT2D eigenvalue weighted by atomic mass is 19.4. The number of fused-ring (bicyclic) bond motifs is 1. The van der Waals surface area contributed by atoms with E-state index in [1.807, 2.05) is 0 Å². The summed E-state index contributed by atoms with van der Waals surface area (Å²) in [5, 5.41) is 24.9. The highest BCUT2D eigenvalue weighted by Crippen LogP contribution is 2.32. The molecule has 0 saturated carbocycles. The van der Waals surface area contributed by atoms with Crippen LogP contribution in [0, 0.1) is 10.1 Å². The van der Waals surface area contributed by atoms with Gasteiger partial charge < -0.3 is 9.84 Å². The third-order valence-electron chi connectivity index (χ3n) is 6.31. The number of rotatable bonds is 8. The number of hydrogen-bond acceptors (Lipinski definition) is 7. The van der Waals surface area contributed by atoms with Gasteiger partial charge in [0.15, 0.2) is 5.82 Å². The van der Waals surface area contributed by atoms with Gasteiger partial charge in [-0.1, -0.05) is 36.4 Å². The van der Waals surface area contributed by atoms with Crippen LogP contribution in [0.2, 0.25) is 0 Å². The Balaban J connectivity index is 1.59. The highest BCUT2D eigenvalue weighted by Gasteiger charge is 2.31. The SMILES string of the molecule is O=C(O)c1ccc(COc2ccc([N+](=O)[O-])cc2C=Nn2c(-c3cccc(C(F)(F)F)c3)nc3ccccc3c2=O)cc1. The Morgan fingerprint density at radius 1 is 1.02 bits per heavy atom. The quantitative estimate of drug-likeness (QED) is 0.130. The molecule has 0 bridgehead atoms. The first-order chi connectivity index (χ1) is 20.5. The average Bonchev–Trinajstić information content (AvgIpc) is 2.99. The summed E-state index contributed by atoms with van der Waals surface area (Å²) in [5.41, 5.74) is -0.955. The molecule has 1 heterocycles. The summed E-state index contributed by atoms with van der Waals surface area (Å²) in [4.78, 5) is 39.8. The molecule has 5 rings (SSSR count). The zero-order valence-corrected chi connectivity index (χ0v) is 21.9. The number of aromatic carboxylic acids is 1. The molecular weight excluding hydrogens is 569 g/mol. The maximum Gasteiger partial charge on any atom is 0.416 e. The number of nitrogens with zero attached hydrogens (tertiary/aromatic N) is 4. The number of nitro groups is 1. The van der Waals surface area contributed by atoms with Gasteiger partial charge >= 0.3 is 12.1 Å². The summed E-state index contributed by atoms with van der Waals surface area (Å²) >= 11 is 0. The zero-order valence-electron chi connectivity index (χ0n) is 21.9. The van der Waals surface area contributed by atoms with Gasteiger partial charge in [0.1, 0.15) is 12.4 Å². The Labute approximate surface area is 240 Å². The van der Waals surface area contributed by atoms with Gasteiger partial charge in [0.25, 0.3) is 11.2 Å². The van der Waals surface area contributed by atoms with E-state index in [2.05, 4.69) is 10.1 Å². The molecule has 1 N–H and O–H groups in total. The van der Waals surface area contributed by atoms with Crippen molar-refractivity contribution >= 4 is 28.8 Å². The predicted octanol–water partition coefficient (Wildman–Crippen LogP) is 6.15. The maximum atomic E-state index is 13.5. The van der Waals surface area contributed by atoms with Crippen molar-refractivity contribution in [2.24, 2.45) is 5.10 Å². The lowest BCUT2D eigenvalue weighted by Gasteiger charge is -2.12. The van der Waals surface area contributed by atoms with Gasteiger partial charge in [-0.3, -0.25) is 14.9 Å². The summed E-state index contributed by atoms with van der Waals surface area (Å²) in [6.45, 7) is -0.0362. The molecule has 0 radical (unpaired) electrons. The fourth-order valence-corrected chi connectivity index (χ4v) is 4.16. The van der Waals surface area contributed by atoms with Gasteiger partial charge in [-0.05, 0) is 48.0 Å².